The van der Waals surface area contributed by atoms with E-state index in [0.29, 0.717) is 0 Å². The second kappa shape index (κ2) is 15.8. The molecule has 0 aliphatic carbocycles. The van der Waals surface area contributed by atoms with Crippen molar-refractivity contribution in [3.8, 4) is 0 Å². The van der Waals surface area contributed by atoms with E-state index in [1.165, 1.54) is 22.0 Å². The second-order valence-electron chi connectivity index (χ2n) is 6.79. The van der Waals surface area contributed by atoms with Gasteiger partial charge in [-0.1, -0.05) is 77.9 Å². The molecule has 0 atom stereocenters. The van der Waals surface area contributed by atoms with Gasteiger partial charge in [0, 0.05) is 41.9 Å². The number of aryl methyl sites for hydroxylation is 3. The van der Waals surface area contributed by atoms with Gasteiger partial charge < -0.3 is 4.90 Å². The standard InChI is InChI=1S/C12H14N2.C11H11N.3C2H6/c1-9-8-12(14(2)3)10-6-4-5-7-11(10)13-9;1-8-7-9(2)12-11-6-4-3-5-10(8)11;3*1-2/h4-8H,1-3H3;3-7H,1-2H3;3*1-2H3. The van der Waals surface area contributed by atoms with Crippen molar-refractivity contribution in [3.05, 3.63) is 77.6 Å². The van der Waals surface area contributed by atoms with E-state index in [1.54, 1.807) is 0 Å². The molecular weight excluding hydrogens is 390 g/mol. The summed E-state index contributed by atoms with van der Waals surface area (Å²) in [7, 11) is 4.11. The Labute approximate surface area is 196 Å². The van der Waals surface area contributed by atoms with Crippen molar-refractivity contribution in [2.45, 2.75) is 62.3 Å². The molecule has 0 spiro atoms. The summed E-state index contributed by atoms with van der Waals surface area (Å²) in [6.45, 7) is 18.2. The molecule has 0 amide bonds. The predicted octanol–water partition coefficient (Wildman–Crippen LogP) is 8.54. The fourth-order valence-corrected chi connectivity index (χ4v) is 3.17. The van der Waals surface area contributed by atoms with Crippen LogP contribution in [0.25, 0.3) is 21.8 Å². The molecule has 2 aromatic heterocycles. The van der Waals surface area contributed by atoms with Gasteiger partial charge in [0.15, 0.2) is 0 Å². The van der Waals surface area contributed by atoms with E-state index in [1.807, 2.05) is 79.7 Å². The highest BCUT2D eigenvalue weighted by Gasteiger charge is 2.04. The summed E-state index contributed by atoms with van der Waals surface area (Å²) in [6.07, 6.45) is 0. The third-order valence-electron chi connectivity index (χ3n) is 4.36. The van der Waals surface area contributed by atoms with Gasteiger partial charge in [-0.2, -0.15) is 0 Å². The predicted molar refractivity (Wildman–Crippen MR) is 146 cm³/mol. The Balaban J connectivity index is 0.000000491. The number of fused-ring (bicyclic) bond motifs is 2. The number of pyridine rings is 2. The van der Waals surface area contributed by atoms with Crippen molar-refractivity contribution in [2.75, 3.05) is 19.0 Å². The van der Waals surface area contributed by atoms with Crippen molar-refractivity contribution >= 4 is 27.5 Å². The number of benzene rings is 2. The first-order chi connectivity index (χ1) is 15.5. The first kappa shape index (κ1) is 29.1. The van der Waals surface area contributed by atoms with E-state index in [0.717, 1.165) is 22.4 Å². The van der Waals surface area contributed by atoms with E-state index in [4.69, 9.17) is 0 Å². The van der Waals surface area contributed by atoms with Gasteiger partial charge in [-0.15, -0.1) is 0 Å². The van der Waals surface area contributed by atoms with Crippen molar-refractivity contribution in [1.29, 1.82) is 0 Å². The van der Waals surface area contributed by atoms with Crippen molar-refractivity contribution in [1.82, 2.24) is 9.97 Å². The zero-order chi connectivity index (χ0) is 24.7. The van der Waals surface area contributed by atoms with Gasteiger partial charge >= 0.3 is 0 Å². The highest BCUT2D eigenvalue weighted by molar-refractivity contribution is 5.91. The van der Waals surface area contributed by atoms with Gasteiger partial charge in [0.1, 0.15) is 0 Å². The highest BCUT2D eigenvalue weighted by atomic mass is 15.1. The minimum Gasteiger partial charge on any atom is -0.377 e. The fourth-order valence-electron chi connectivity index (χ4n) is 3.17. The molecule has 0 unspecified atom stereocenters. The number of nitrogens with zero attached hydrogens (tertiary/aromatic N) is 3. The molecule has 0 saturated heterocycles. The average Bonchev–Trinajstić information content (AvgIpc) is 2.82. The Kier molecular flexibility index (Phi) is 14.3. The van der Waals surface area contributed by atoms with Gasteiger partial charge in [0.05, 0.1) is 11.0 Å². The van der Waals surface area contributed by atoms with Gasteiger partial charge in [0.25, 0.3) is 0 Å². The summed E-state index contributed by atoms with van der Waals surface area (Å²) in [5.41, 5.74) is 6.84. The maximum absolute atomic E-state index is 4.49. The average molecular weight is 434 g/mol. The maximum Gasteiger partial charge on any atom is 0.0726 e. The van der Waals surface area contributed by atoms with Gasteiger partial charge in [-0.25, -0.2) is 0 Å². The molecule has 0 aliphatic rings. The minimum absolute atomic E-state index is 1.06. The third kappa shape index (κ3) is 8.30. The van der Waals surface area contributed by atoms with Gasteiger partial charge in [0.2, 0.25) is 0 Å². The van der Waals surface area contributed by atoms with Gasteiger partial charge in [-0.05, 0) is 50.6 Å². The van der Waals surface area contributed by atoms with Crippen LogP contribution in [0.3, 0.4) is 0 Å². The number of aromatic nitrogens is 2. The first-order valence-corrected chi connectivity index (χ1v) is 11.8. The van der Waals surface area contributed by atoms with Crippen LogP contribution in [-0.4, -0.2) is 24.1 Å². The smallest absolute Gasteiger partial charge is 0.0726 e. The molecule has 4 rings (SSSR count). The lowest BCUT2D eigenvalue weighted by atomic mass is 10.1. The van der Waals surface area contributed by atoms with Crippen molar-refractivity contribution in [2.24, 2.45) is 0 Å². The minimum atomic E-state index is 1.06. The van der Waals surface area contributed by atoms with Crippen molar-refractivity contribution < 1.29 is 0 Å². The molecule has 0 N–H and O–H groups in total. The molecule has 0 aliphatic heterocycles. The summed E-state index contributed by atoms with van der Waals surface area (Å²) in [5, 5.41) is 2.46. The van der Waals surface area contributed by atoms with E-state index < -0.39 is 0 Å². The topological polar surface area (TPSA) is 29.0 Å². The van der Waals surface area contributed by atoms with E-state index in [2.05, 4.69) is 72.3 Å². The van der Waals surface area contributed by atoms with Gasteiger partial charge in [-0.3, -0.25) is 9.97 Å². The largest absolute Gasteiger partial charge is 0.377 e. The Bertz CT molecular complexity index is 1050. The van der Waals surface area contributed by atoms with Crippen LogP contribution in [0, 0.1) is 20.8 Å². The summed E-state index contributed by atoms with van der Waals surface area (Å²) >= 11 is 0. The maximum atomic E-state index is 4.49. The quantitative estimate of drug-likeness (QED) is 0.301. The number of hydrogen-bond acceptors (Lipinski definition) is 3. The summed E-state index contributed by atoms with van der Waals surface area (Å²) in [5.74, 6) is 0. The Hall–Kier alpha value is -2.94. The Morgan fingerprint density at radius 3 is 1.47 bits per heavy atom. The Morgan fingerprint density at radius 2 is 0.969 bits per heavy atom. The van der Waals surface area contributed by atoms with Crippen LogP contribution < -0.4 is 4.90 Å². The number of anilines is 1. The highest BCUT2D eigenvalue weighted by Crippen LogP contribution is 2.24. The normalized spacial score (nSPS) is 9.09. The molecule has 0 fully saturated rings. The molecule has 3 heteroatoms. The van der Waals surface area contributed by atoms with E-state index in [-0.39, 0.29) is 0 Å². The van der Waals surface area contributed by atoms with Crippen LogP contribution in [0.1, 0.15) is 58.5 Å². The number of hydrogen-bond donors (Lipinski definition) is 0. The molecule has 2 heterocycles. The lowest BCUT2D eigenvalue weighted by Crippen LogP contribution is -2.09. The summed E-state index contributed by atoms with van der Waals surface area (Å²) < 4.78 is 0. The molecule has 0 radical (unpaired) electrons. The van der Waals surface area contributed by atoms with Crippen LogP contribution in [0.2, 0.25) is 0 Å². The molecule has 32 heavy (non-hydrogen) atoms. The fraction of sp³-hybridized carbons (Fsp3) is 0.379. The zero-order valence-corrected chi connectivity index (χ0v) is 22.1. The lowest BCUT2D eigenvalue weighted by molar-refractivity contribution is 1.12. The molecular formula is C29H43N3. The molecule has 174 valence electrons. The summed E-state index contributed by atoms with van der Waals surface area (Å²) in [4.78, 5) is 11.1. The molecule has 0 saturated carbocycles. The summed E-state index contributed by atoms with van der Waals surface area (Å²) in [6, 6.07) is 20.7. The second-order valence-corrected chi connectivity index (χ2v) is 6.79. The lowest BCUT2D eigenvalue weighted by Gasteiger charge is -2.15. The van der Waals surface area contributed by atoms with Crippen LogP contribution in [0.15, 0.2) is 60.7 Å². The van der Waals surface area contributed by atoms with Crippen molar-refractivity contribution in [3.63, 3.8) is 0 Å². The molecule has 0 bridgehead atoms. The van der Waals surface area contributed by atoms with Crippen LogP contribution >= 0.6 is 0 Å². The molecule has 4 aromatic rings. The monoisotopic (exact) mass is 433 g/mol. The number of rotatable bonds is 1. The van der Waals surface area contributed by atoms with Crippen LogP contribution in [0.4, 0.5) is 5.69 Å². The third-order valence-corrected chi connectivity index (χ3v) is 4.36. The zero-order valence-electron chi connectivity index (χ0n) is 22.1. The van der Waals surface area contributed by atoms with E-state index in [9.17, 15) is 0 Å². The molecule has 2 aromatic carbocycles. The number of para-hydroxylation sites is 2. The van der Waals surface area contributed by atoms with Crippen LogP contribution in [0.5, 0.6) is 0 Å². The Morgan fingerprint density at radius 1 is 0.562 bits per heavy atom. The molecule has 3 nitrogen and oxygen atoms in total. The first-order valence-electron chi connectivity index (χ1n) is 11.8. The van der Waals surface area contributed by atoms with E-state index >= 15 is 0 Å². The SMILES string of the molecule is CC.CC.CC.Cc1cc(C)c2ccccc2n1.Cc1cc(N(C)C)c2ccccc2n1. The van der Waals surface area contributed by atoms with Crippen LogP contribution in [-0.2, 0) is 0 Å².